The van der Waals surface area contributed by atoms with E-state index < -0.39 is 0 Å². The maximum absolute atomic E-state index is 12.5. The van der Waals surface area contributed by atoms with Crippen molar-refractivity contribution in [2.24, 2.45) is 0 Å². The molecule has 1 amide bonds. The van der Waals surface area contributed by atoms with Gasteiger partial charge in [-0.3, -0.25) is 4.79 Å². The number of piperidine rings is 1. The lowest BCUT2D eigenvalue weighted by Gasteiger charge is -2.28. The third-order valence-corrected chi connectivity index (χ3v) is 6.46. The number of hydrogen-bond acceptors (Lipinski definition) is 6. The molecule has 0 bridgehead atoms. The topological polar surface area (TPSA) is 75.9 Å². The summed E-state index contributed by atoms with van der Waals surface area (Å²) in [5.74, 6) is 1.59. The van der Waals surface area contributed by atoms with Crippen molar-refractivity contribution in [3.63, 3.8) is 0 Å². The van der Waals surface area contributed by atoms with E-state index in [-0.39, 0.29) is 5.91 Å². The van der Waals surface area contributed by atoms with Gasteiger partial charge < -0.3 is 10.2 Å². The molecule has 0 saturated carbocycles. The van der Waals surface area contributed by atoms with Gasteiger partial charge in [0.15, 0.2) is 10.8 Å². The molecule has 31 heavy (non-hydrogen) atoms. The molecule has 1 saturated heterocycles. The van der Waals surface area contributed by atoms with Crippen LogP contribution in [-0.2, 0) is 6.54 Å². The van der Waals surface area contributed by atoms with Crippen LogP contribution in [0, 0.1) is 0 Å². The molecule has 10 heteroatoms. The zero-order valence-corrected chi connectivity index (χ0v) is 19.6. The molecular weight excluding hydrogens is 455 g/mol. The van der Waals surface area contributed by atoms with Gasteiger partial charge in [-0.15, -0.1) is 0 Å². The van der Waals surface area contributed by atoms with Gasteiger partial charge in [0.05, 0.1) is 28.7 Å². The highest BCUT2D eigenvalue weighted by Crippen LogP contribution is 2.29. The summed E-state index contributed by atoms with van der Waals surface area (Å²) in [5.41, 5.74) is 1.15. The maximum Gasteiger partial charge on any atom is 0.252 e. The van der Waals surface area contributed by atoms with Crippen LogP contribution in [0.25, 0.3) is 11.0 Å². The van der Waals surface area contributed by atoms with Gasteiger partial charge in [0.25, 0.3) is 5.91 Å². The van der Waals surface area contributed by atoms with Gasteiger partial charge >= 0.3 is 0 Å². The molecule has 7 nitrogen and oxygen atoms in total. The first-order chi connectivity index (χ1) is 15.1. The zero-order valence-electron chi connectivity index (χ0n) is 17.3. The van der Waals surface area contributed by atoms with Gasteiger partial charge in [-0.1, -0.05) is 41.9 Å². The Bertz CT molecular complexity index is 1080. The predicted molar refractivity (Wildman–Crippen MR) is 127 cm³/mol. The molecule has 1 fully saturated rings. The molecule has 0 unspecified atom stereocenters. The number of rotatable bonds is 7. The molecule has 0 spiro atoms. The Morgan fingerprint density at radius 2 is 2.00 bits per heavy atom. The number of halogens is 2. The van der Waals surface area contributed by atoms with E-state index in [0.717, 1.165) is 40.9 Å². The molecule has 3 heterocycles. The van der Waals surface area contributed by atoms with Crippen molar-refractivity contribution in [3.8, 4) is 0 Å². The van der Waals surface area contributed by atoms with E-state index in [1.165, 1.54) is 19.3 Å². The highest BCUT2D eigenvalue weighted by atomic mass is 35.5. The molecule has 4 rings (SSSR count). The number of nitrogens with zero attached hydrogens (tertiary/aromatic N) is 5. The molecule has 1 aliphatic heterocycles. The lowest BCUT2D eigenvalue weighted by Crippen LogP contribution is -2.30. The highest BCUT2D eigenvalue weighted by Gasteiger charge is 2.20. The Morgan fingerprint density at radius 1 is 1.19 bits per heavy atom. The van der Waals surface area contributed by atoms with Crippen LogP contribution >= 0.6 is 35.0 Å². The Balaban J connectivity index is 1.53. The lowest BCUT2D eigenvalue weighted by molar-refractivity contribution is 0.0952. The van der Waals surface area contributed by atoms with Crippen LogP contribution in [0.2, 0.25) is 10.0 Å². The molecule has 1 aromatic carbocycles. The normalized spacial score (nSPS) is 14.2. The third-order valence-electron chi connectivity index (χ3n) is 5.17. The minimum absolute atomic E-state index is 0.269. The fourth-order valence-corrected chi connectivity index (χ4v) is 4.60. The first-order valence-corrected chi connectivity index (χ1v) is 12.2. The third kappa shape index (κ3) is 5.07. The van der Waals surface area contributed by atoms with Crippen molar-refractivity contribution in [2.45, 2.75) is 37.9 Å². The van der Waals surface area contributed by atoms with Crippen molar-refractivity contribution in [2.75, 3.05) is 30.3 Å². The van der Waals surface area contributed by atoms with Crippen LogP contribution in [0.1, 0.15) is 36.5 Å². The predicted octanol–water partition coefficient (Wildman–Crippen LogP) is 4.67. The quantitative estimate of drug-likeness (QED) is 0.392. The first-order valence-electron chi connectivity index (χ1n) is 10.4. The fourth-order valence-electron chi connectivity index (χ4n) is 3.67. The molecule has 3 aromatic rings. The summed E-state index contributed by atoms with van der Waals surface area (Å²) in [5, 5.41) is 9.96. The van der Waals surface area contributed by atoms with Crippen LogP contribution in [-0.4, -0.2) is 51.0 Å². The number of anilines is 1. The molecule has 1 aliphatic rings. The number of nitrogens with one attached hydrogen (secondary N) is 1. The Labute approximate surface area is 195 Å². The molecule has 1 N–H and O–H groups in total. The summed E-state index contributed by atoms with van der Waals surface area (Å²) in [7, 11) is 0. The number of amides is 1. The van der Waals surface area contributed by atoms with Gasteiger partial charge in [0, 0.05) is 24.7 Å². The van der Waals surface area contributed by atoms with E-state index >= 15 is 0 Å². The summed E-state index contributed by atoms with van der Waals surface area (Å²) < 4.78 is 1.82. The number of hydrogen-bond donors (Lipinski definition) is 1. The second-order valence-corrected chi connectivity index (χ2v) is 9.37. The summed E-state index contributed by atoms with van der Waals surface area (Å²) in [6.07, 6.45) is 5.44. The molecule has 0 radical (unpaired) electrons. The van der Waals surface area contributed by atoms with E-state index in [1.54, 1.807) is 30.0 Å². The van der Waals surface area contributed by atoms with Crippen LogP contribution < -0.4 is 10.2 Å². The van der Waals surface area contributed by atoms with Gasteiger partial charge in [-0.05, 0) is 43.2 Å². The minimum atomic E-state index is -0.269. The molecular formula is C21H24Cl2N6OS. The van der Waals surface area contributed by atoms with E-state index in [0.29, 0.717) is 28.7 Å². The van der Waals surface area contributed by atoms with Gasteiger partial charge in [-0.25, -0.2) is 14.6 Å². The average molecular weight is 479 g/mol. The lowest BCUT2D eigenvalue weighted by atomic mass is 10.1. The van der Waals surface area contributed by atoms with Crippen molar-refractivity contribution < 1.29 is 4.79 Å². The first kappa shape index (κ1) is 22.2. The summed E-state index contributed by atoms with van der Waals surface area (Å²) >= 11 is 13.7. The van der Waals surface area contributed by atoms with Crippen molar-refractivity contribution >= 4 is 57.7 Å². The smallest absolute Gasteiger partial charge is 0.252 e. The summed E-state index contributed by atoms with van der Waals surface area (Å²) in [6, 6.07) is 4.84. The largest absolute Gasteiger partial charge is 0.356 e. The average Bonchev–Trinajstić information content (AvgIpc) is 3.18. The molecule has 0 atom stereocenters. The van der Waals surface area contributed by atoms with Crippen molar-refractivity contribution in [1.82, 2.24) is 25.1 Å². The SMILES string of the molecule is CCSc1nc(N2CCCCC2)c2cnn(CCNC(=O)c3cc(Cl)ccc3Cl)c2n1. The Kier molecular flexibility index (Phi) is 7.20. The van der Waals surface area contributed by atoms with Crippen LogP contribution in [0.5, 0.6) is 0 Å². The molecule has 2 aromatic heterocycles. The highest BCUT2D eigenvalue weighted by molar-refractivity contribution is 7.99. The summed E-state index contributed by atoms with van der Waals surface area (Å²) in [6.45, 7) is 4.97. The monoisotopic (exact) mass is 478 g/mol. The van der Waals surface area contributed by atoms with E-state index in [9.17, 15) is 4.79 Å². The van der Waals surface area contributed by atoms with Crippen molar-refractivity contribution in [1.29, 1.82) is 0 Å². The number of carbonyl (C=O) groups is 1. The molecule has 0 aliphatic carbocycles. The number of aromatic nitrogens is 4. The van der Waals surface area contributed by atoms with Crippen LogP contribution in [0.3, 0.4) is 0 Å². The Morgan fingerprint density at radius 3 is 2.77 bits per heavy atom. The summed E-state index contributed by atoms with van der Waals surface area (Å²) in [4.78, 5) is 24.4. The van der Waals surface area contributed by atoms with E-state index in [4.69, 9.17) is 33.2 Å². The number of fused-ring (bicyclic) bond motifs is 1. The Hall–Kier alpha value is -2.03. The maximum atomic E-state index is 12.5. The van der Waals surface area contributed by atoms with Gasteiger partial charge in [-0.2, -0.15) is 5.10 Å². The minimum Gasteiger partial charge on any atom is -0.356 e. The number of carbonyl (C=O) groups excluding carboxylic acids is 1. The number of thioether (sulfide) groups is 1. The van der Waals surface area contributed by atoms with Gasteiger partial charge in [0.2, 0.25) is 0 Å². The van der Waals surface area contributed by atoms with Gasteiger partial charge in [0.1, 0.15) is 5.82 Å². The number of benzene rings is 1. The van der Waals surface area contributed by atoms with E-state index in [2.05, 4.69) is 22.2 Å². The second kappa shape index (κ2) is 10.1. The second-order valence-electron chi connectivity index (χ2n) is 7.30. The van der Waals surface area contributed by atoms with E-state index in [1.807, 2.05) is 10.9 Å². The van der Waals surface area contributed by atoms with Crippen molar-refractivity contribution in [3.05, 3.63) is 40.0 Å². The fraction of sp³-hybridized carbons (Fsp3) is 0.429. The standard InChI is InChI=1S/C21H24Cl2N6OS/c1-2-31-21-26-18(28-9-4-3-5-10-28)16-13-25-29(19(16)27-21)11-8-24-20(30)15-12-14(22)6-7-17(15)23/h6-7,12-13H,2-5,8-11H2,1H3,(H,24,30). The molecule has 164 valence electrons. The van der Waals surface area contributed by atoms with Crippen LogP contribution in [0.4, 0.5) is 5.82 Å². The zero-order chi connectivity index (χ0) is 21.8. The van der Waals surface area contributed by atoms with Crippen LogP contribution in [0.15, 0.2) is 29.6 Å².